The second kappa shape index (κ2) is 6.95. The Bertz CT molecular complexity index is 731. The highest BCUT2D eigenvalue weighted by Crippen LogP contribution is 2.25. The largest absolute Gasteiger partial charge is 0.445 e. The highest BCUT2D eigenvalue weighted by atomic mass is 16.5. The highest BCUT2D eigenvalue weighted by Gasteiger charge is 2.32. The molecule has 0 radical (unpaired) electrons. The van der Waals surface area contributed by atoms with E-state index in [1.165, 1.54) is 0 Å². The topological polar surface area (TPSA) is 94.5 Å². The van der Waals surface area contributed by atoms with Gasteiger partial charge in [-0.15, -0.1) is 0 Å². The average molecular weight is 348 g/mol. The van der Waals surface area contributed by atoms with Crippen LogP contribution in [-0.4, -0.2) is 45.7 Å². The molecule has 136 valence electrons. The quantitative estimate of drug-likeness (QED) is 0.836. The minimum atomic E-state index is -0.336. The van der Waals surface area contributed by atoms with E-state index in [1.807, 2.05) is 0 Å². The zero-order valence-electron chi connectivity index (χ0n) is 15.1. The predicted molar refractivity (Wildman–Crippen MR) is 87.8 cm³/mol. The van der Waals surface area contributed by atoms with Crippen LogP contribution in [0, 0.1) is 6.92 Å². The number of carbonyl (C=O) groups excluding carboxylic acids is 1. The lowest BCUT2D eigenvalue weighted by Crippen LogP contribution is -2.43. The van der Waals surface area contributed by atoms with Crippen LogP contribution in [0.3, 0.4) is 0 Å². The summed E-state index contributed by atoms with van der Waals surface area (Å²) in [7, 11) is 0. The molecule has 2 aromatic rings. The third kappa shape index (κ3) is 4.07. The van der Waals surface area contributed by atoms with Gasteiger partial charge < -0.3 is 18.6 Å². The summed E-state index contributed by atoms with van der Waals surface area (Å²) in [6.07, 6.45) is 2.51. The third-order valence-corrected chi connectivity index (χ3v) is 4.12. The zero-order valence-corrected chi connectivity index (χ0v) is 15.1. The van der Waals surface area contributed by atoms with Gasteiger partial charge >= 0.3 is 0 Å². The van der Waals surface area contributed by atoms with Gasteiger partial charge in [0, 0.05) is 24.8 Å². The third-order valence-electron chi connectivity index (χ3n) is 4.12. The fourth-order valence-electron chi connectivity index (χ4n) is 2.69. The molecule has 1 fully saturated rings. The van der Waals surface area contributed by atoms with Gasteiger partial charge in [-0.05, 0) is 6.92 Å². The van der Waals surface area contributed by atoms with Gasteiger partial charge in [0.2, 0.25) is 5.91 Å². The fourth-order valence-corrected chi connectivity index (χ4v) is 2.69. The molecule has 0 aromatic carbocycles. The number of carbonyl (C=O) groups is 1. The molecule has 0 unspecified atom stereocenters. The second-order valence-electron chi connectivity index (χ2n) is 7.23. The first-order valence-electron chi connectivity index (χ1n) is 8.47. The van der Waals surface area contributed by atoms with Gasteiger partial charge in [0.15, 0.2) is 11.7 Å². The van der Waals surface area contributed by atoms with Crippen LogP contribution in [0.2, 0.25) is 0 Å². The molecule has 2 aromatic heterocycles. The van der Waals surface area contributed by atoms with Gasteiger partial charge in [0.1, 0.15) is 11.8 Å². The molecule has 1 atom stereocenters. The molecule has 1 aliphatic rings. The predicted octanol–water partition coefficient (Wildman–Crippen LogP) is 2.20. The summed E-state index contributed by atoms with van der Waals surface area (Å²) in [4.78, 5) is 22.9. The lowest BCUT2D eigenvalue weighted by Gasteiger charge is -2.33. The molecule has 1 saturated heterocycles. The highest BCUT2D eigenvalue weighted by molar-refractivity contribution is 5.76. The van der Waals surface area contributed by atoms with Crippen molar-refractivity contribution in [2.45, 2.75) is 52.0 Å². The Morgan fingerprint density at radius 1 is 1.40 bits per heavy atom. The summed E-state index contributed by atoms with van der Waals surface area (Å²) < 4.78 is 16.5. The minimum absolute atomic E-state index is 0.000313. The monoisotopic (exact) mass is 348 g/mol. The van der Waals surface area contributed by atoms with E-state index in [0.717, 1.165) is 5.76 Å². The Morgan fingerprint density at radius 3 is 2.84 bits per heavy atom. The smallest absolute Gasteiger partial charge is 0.251 e. The van der Waals surface area contributed by atoms with Crippen LogP contribution in [0.15, 0.2) is 15.1 Å². The number of hydrogen-bond acceptors (Lipinski definition) is 7. The van der Waals surface area contributed by atoms with Crippen LogP contribution in [0.5, 0.6) is 0 Å². The Balaban J connectivity index is 1.64. The first-order valence-corrected chi connectivity index (χ1v) is 8.47. The van der Waals surface area contributed by atoms with E-state index in [1.54, 1.807) is 18.0 Å². The van der Waals surface area contributed by atoms with E-state index in [0.29, 0.717) is 50.2 Å². The number of rotatable bonds is 4. The Labute approximate surface area is 146 Å². The molecule has 1 amide bonds. The van der Waals surface area contributed by atoms with Gasteiger partial charge in [-0.1, -0.05) is 25.9 Å². The van der Waals surface area contributed by atoms with Crippen LogP contribution in [-0.2, 0) is 21.4 Å². The molecule has 0 aliphatic carbocycles. The van der Waals surface area contributed by atoms with Crippen molar-refractivity contribution in [3.05, 3.63) is 29.6 Å². The van der Waals surface area contributed by atoms with Crippen LogP contribution in [0.4, 0.5) is 0 Å². The van der Waals surface area contributed by atoms with Crippen molar-refractivity contribution >= 4 is 5.91 Å². The Kier molecular flexibility index (Phi) is 4.89. The summed E-state index contributed by atoms with van der Waals surface area (Å²) in [6.45, 7) is 9.30. The average Bonchev–Trinajstić information content (AvgIpc) is 3.21. The number of aromatic nitrogens is 3. The summed E-state index contributed by atoms with van der Waals surface area (Å²) >= 11 is 0. The van der Waals surface area contributed by atoms with Crippen molar-refractivity contribution < 1.29 is 18.5 Å². The molecule has 1 aliphatic heterocycles. The lowest BCUT2D eigenvalue weighted by atomic mass is 9.94. The van der Waals surface area contributed by atoms with Crippen molar-refractivity contribution in [2.24, 2.45) is 0 Å². The van der Waals surface area contributed by atoms with E-state index in [9.17, 15) is 4.79 Å². The Hall–Kier alpha value is -2.22. The lowest BCUT2D eigenvalue weighted by molar-refractivity contribution is -0.141. The van der Waals surface area contributed by atoms with Gasteiger partial charge in [0.25, 0.3) is 5.89 Å². The summed E-state index contributed by atoms with van der Waals surface area (Å²) in [5, 5.41) is 3.80. The molecule has 25 heavy (non-hydrogen) atoms. The maximum absolute atomic E-state index is 12.7. The van der Waals surface area contributed by atoms with Crippen molar-refractivity contribution in [3.8, 4) is 0 Å². The van der Waals surface area contributed by atoms with E-state index >= 15 is 0 Å². The SMILES string of the molecule is Cc1noc([C@@H]2COCCN2C(=O)CCc2ncc(C(C)(C)C)o2)n1. The summed E-state index contributed by atoms with van der Waals surface area (Å²) in [5.74, 6) is 2.36. The summed E-state index contributed by atoms with van der Waals surface area (Å²) in [6, 6.07) is -0.336. The number of ether oxygens (including phenoxy) is 1. The van der Waals surface area contributed by atoms with Gasteiger partial charge in [0.05, 0.1) is 19.4 Å². The molecule has 3 rings (SSSR count). The molecule has 8 nitrogen and oxygen atoms in total. The first kappa shape index (κ1) is 17.6. The van der Waals surface area contributed by atoms with Gasteiger partial charge in [-0.2, -0.15) is 4.98 Å². The van der Waals surface area contributed by atoms with E-state index in [4.69, 9.17) is 13.7 Å². The van der Waals surface area contributed by atoms with E-state index in [-0.39, 0.29) is 17.4 Å². The number of aryl methyl sites for hydroxylation is 2. The summed E-state index contributed by atoms with van der Waals surface area (Å²) in [5.41, 5.74) is -0.0968. The molecule has 0 N–H and O–H groups in total. The number of oxazole rings is 1. The van der Waals surface area contributed by atoms with Crippen LogP contribution in [0.1, 0.15) is 56.6 Å². The van der Waals surface area contributed by atoms with Gasteiger partial charge in [-0.3, -0.25) is 4.79 Å². The molecule has 0 spiro atoms. The van der Waals surface area contributed by atoms with Crippen molar-refractivity contribution in [2.75, 3.05) is 19.8 Å². The molecule has 8 heteroatoms. The second-order valence-corrected chi connectivity index (χ2v) is 7.23. The van der Waals surface area contributed by atoms with Crippen LogP contribution >= 0.6 is 0 Å². The normalized spacial score (nSPS) is 18.6. The molecular formula is C17H24N4O4. The maximum atomic E-state index is 12.7. The molecule has 3 heterocycles. The van der Waals surface area contributed by atoms with Crippen LogP contribution in [0.25, 0.3) is 0 Å². The molecule has 0 bridgehead atoms. The van der Waals surface area contributed by atoms with E-state index in [2.05, 4.69) is 35.9 Å². The standard InChI is InChI=1S/C17H24N4O4/c1-11-19-16(25-20-11)12-10-23-8-7-21(12)15(22)6-5-14-18-9-13(24-14)17(2,3)4/h9,12H,5-8,10H2,1-4H3/t12-/m0/s1. The molecule has 0 saturated carbocycles. The zero-order chi connectivity index (χ0) is 18.0. The number of amides is 1. The van der Waals surface area contributed by atoms with E-state index < -0.39 is 0 Å². The molecular weight excluding hydrogens is 324 g/mol. The fraction of sp³-hybridized carbons (Fsp3) is 0.647. The minimum Gasteiger partial charge on any atom is -0.445 e. The van der Waals surface area contributed by atoms with Crippen molar-refractivity contribution in [1.29, 1.82) is 0 Å². The number of nitrogens with zero attached hydrogens (tertiary/aromatic N) is 4. The first-order chi connectivity index (χ1) is 11.8. The number of morpholine rings is 1. The van der Waals surface area contributed by atoms with Crippen LogP contribution < -0.4 is 0 Å². The Morgan fingerprint density at radius 2 is 2.20 bits per heavy atom. The number of hydrogen-bond donors (Lipinski definition) is 0. The van der Waals surface area contributed by atoms with Crippen molar-refractivity contribution in [3.63, 3.8) is 0 Å². The van der Waals surface area contributed by atoms with Crippen molar-refractivity contribution in [1.82, 2.24) is 20.0 Å². The van der Waals surface area contributed by atoms with Gasteiger partial charge in [-0.25, -0.2) is 4.98 Å². The maximum Gasteiger partial charge on any atom is 0.251 e.